The third-order valence-corrected chi connectivity index (χ3v) is 31.1. The van der Waals surface area contributed by atoms with Gasteiger partial charge in [0, 0.05) is 25.7 Å². The topological polar surface area (TPSA) is 393 Å². The average molecular weight is 1860 g/mol. The Morgan fingerprint density at radius 3 is 0.992 bits per heavy atom. The van der Waals surface area contributed by atoms with Crippen LogP contribution in [0, 0.1) is 6.92 Å². The molecule has 6 aromatic heterocycles. The number of hydrogen-bond acceptors (Lipinski definition) is 23. The molecular weight excluding hydrogens is 1800 g/mol. The third-order valence-electron chi connectivity index (χ3n) is 22.9. The monoisotopic (exact) mass is 1850 g/mol. The number of rotatable bonds is 7. The maximum atomic E-state index is 12.8. The first-order chi connectivity index (χ1) is 61.2. The van der Waals surface area contributed by atoms with Gasteiger partial charge in [0.1, 0.15) is 22.8 Å². The van der Waals surface area contributed by atoms with Gasteiger partial charge in [0.25, 0.3) is 0 Å². The van der Waals surface area contributed by atoms with E-state index in [9.17, 15) is 38.9 Å². The standard InChI is InChI=1S/C49H26N8O9S3.4C11H8N2S.Ga.H2O/c1-22-6-2-7-23-14-31-35(18-27(22)23)46-50-42(31)52-47-37-20-29-25(9-4-12-40(29)68(61,62)63)16-33(37)44(54-47)56-49-38-21-30-26(10-5-13-41(30)69(64,65)66)17-34(38)45(57-49)55-48-36-19-28-24(15-32(36)43(51-46)53-48)8-3-11-39(28)67(58,59)60;4*1-2-4-9-8(3-1)5-10(13-9)11-6-14-7-12-11;;/h2-21H,1H3,(H3-2,50,51,52,53,54,55,56,57,58,59,60,61,62,63,64,65,66);4*1-4,6-7H,5H2;;1H2/q-2;;;;;+2;/p+1. The van der Waals surface area contributed by atoms with E-state index in [2.05, 4.69) is 134 Å². The van der Waals surface area contributed by atoms with E-state index in [0.29, 0.717) is 88.8 Å². The van der Waals surface area contributed by atoms with Gasteiger partial charge in [-0.3, -0.25) is 0 Å². The van der Waals surface area contributed by atoms with Crippen molar-refractivity contribution in [3.63, 3.8) is 0 Å². The normalized spacial score (nSPS) is 14.4. The molecule has 8 aliphatic rings. The maximum absolute atomic E-state index is 12.8. The fourth-order valence-corrected chi connectivity index (χ4v) is 24.4. The number of aliphatic imine (C=N–C) groups is 8. The second-order valence-electron chi connectivity index (χ2n) is 30.5. The number of aromatic nitrogens is 6. The third kappa shape index (κ3) is 14.8. The van der Waals surface area contributed by atoms with Crippen LogP contribution in [-0.2, 0) is 56.0 Å². The van der Waals surface area contributed by atoms with Crippen LogP contribution in [0.1, 0.15) is 72.8 Å². The molecule has 0 saturated heterocycles. The first-order valence-electron chi connectivity index (χ1n) is 39.4. The zero-order chi connectivity index (χ0) is 85.4. The molecule has 1 radical (unpaired) electrons. The number of amidine groups is 4. The minimum Gasteiger partial charge on any atom is -0.412 e. The summed E-state index contributed by atoms with van der Waals surface area (Å²) >= 11 is 4.31. The molecule has 0 spiro atoms. The Labute approximate surface area is 746 Å². The molecule has 34 heteroatoms. The molecule has 0 saturated carbocycles. The number of aryl methyl sites for hydroxylation is 1. The summed E-state index contributed by atoms with van der Waals surface area (Å²) in [5.41, 5.74) is 30.6. The Balaban J connectivity index is 0.000000135. The van der Waals surface area contributed by atoms with E-state index in [1.807, 2.05) is 90.1 Å². The van der Waals surface area contributed by atoms with Crippen LogP contribution in [0.5, 0.6) is 0 Å². The molecule has 14 heterocycles. The van der Waals surface area contributed by atoms with Gasteiger partial charge in [-0.25, -0.2) is 39.9 Å². The van der Waals surface area contributed by atoms with E-state index in [1.165, 1.54) is 64.7 Å². The van der Waals surface area contributed by atoms with Crippen molar-refractivity contribution in [3.05, 3.63) is 346 Å². The van der Waals surface area contributed by atoms with E-state index in [0.717, 1.165) is 110 Å². The summed E-state index contributed by atoms with van der Waals surface area (Å²) in [7, 11) is -14.9. The number of fused-ring (bicyclic) bond motifs is 22. The molecule has 0 atom stereocenters. The average Bonchev–Trinajstić information content (AvgIpc) is 1.56. The van der Waals surface area contributed by atoms with Crippen LogP contribution in [0.25, 0.3) is 64.6 Å². The largest absolute Gasteiger partial charge is 0.412 e. The zero-order valence-electron chi connectivity index (χ0n) is 66.2. The minimum absolute atomic E-state index is 0. The van der Waals surface area contributed by atoms with Gasteiger partial charge in [0.15, 0.2) is 0 Å². The molecule has 0 fully saturated rings. The summed E-state index contributed by atoms with van der Waals surface area (Å²) in [6, 6.07) is 66.3. The molecule has 12 aromatic carbocycles. The molecule has 6 N–H and O–H groups in total. The van der Waals surface area contributed by atoms with E-state index >= 15 is 0 Å². The van der Waals surface area contributed by atoms with Crippen molar-refractivity contribution < 1.29 is 64.3 Å². The van der Waals surface area contributed by atoms with Crippen LogP contribution >= 0.6 is 45.3 Å². The van der Waals surface area contributed by atoms with E-state index in [4.69, 9.17) is 30.0 Å². The van der Waals surface area contributed by atoms with Crippen LogP contribution in [0.4, 0.5) is 34.4 Å². The molecule has 617 valence electrons. The van der Waals surface area contributed by atoms with Gasteiger partial charge in [-0.2, -0.15) is 0 Å². The van der Waals surface area contributed by atoms with Crippen molar-refractivity contribution in [1.82, 2.24) is 6.55 Å². The molecule has 26 rings (SSSR count). The van der Waals surface area contributed by atoms with Gasteiger partial charge in [-0.1, -0.05) is 118 Å². The molecular formula is C93H61GaN16O10S7+. The Morgan fingerprint density at radius 1 is 0.315 bits per heavy atom. The quantitative estimate of drug-likeness (QED) is 0.108. The molecule has 6 bridgehead atoms. The van der Waals surface area contributed by atoms with Crippen molar-refractivity contribution in [2.45, 2.75) is 47.3 Å². The summed E-state index contributed by atoms with van der Waals surface area (Å²) in [5, 5.41) is 13.8. The van der Waals surface area contributed by atoms with Gasteiger partial charge < -0.3 is 5.48 Å². The van der Waals surface area contributed by atoms with Crippen LogP contribution in [0.15, 0.2) is 327 Å². The number of thiazole rings is 4. The van der Waals surface area contributed by atoms with Crippen molar-refractivity contribution in [2.24, 2.45) is 49.9 Å². The van der Waals surface area contributed by atoms with Gasteiger partial charge in [-0.15, -0.1) is 0 Å². The van der Waals surface area contributed by atoms with Crippen molar-refractivity contribution >= 4 is 239 Å². The van der Waals surface area contributed by atoms with E-state index in [-0.39, 0.29) is 38.8 Å². The second-order valence-corrected chi connectivity index (χ2v) is 40.1. The van der Waals surface area contributed by atoms with Gasteiger partial charge in [-0.05, 0) is 46.5 Å². The molecule has 0 amide bonds. The first-order valence-corrected chi connectivity index (χ1v) is 49.6. The number of para-hydroxylation sites is 4. The Morgan fingerprint density at radius 2 is 0.622 bits per heavy atom. The number of hydrogen-bond donors (Lipinski definition) is 0. The zero-order valence-corrected chi connectivity index (χ0v) is 74.3. The fourth-order valence-electron chi connectivity index (χ4n) is 16.9. The summed E-state index contributed by atoms with van der Waals surface area (Å²) in [4.78, 5) is 61.2. The Kier molecular flexibility index (Phi) is 20.3. The number of nitrogens with zero attached hydrogens (tertiary/aromatic N) is 12. The van der Waals surface area contributed by atoms with Crippen LogP contribution in [0.2, 0.25) is 0 Å². The first kappa shape index (κ1) is 80.7. The molecule has 0 aliphatic carbocycles. The Bertz CT molecular complexity index is 8190. The molecule has 18 aromatic rings. The minimum atomic E-state index is -4.98. The summed E-state index contributed by atoms with van der Waals surface area (Å²) < 4.78 is 119. The number of benzene rings is 12. The summed E-state index contributed by atoms with van der Waals surface area (Å²) in [6.45, 7) is 2.01. The van der Waals surface area contributed by atoms with Gasteiger partial charge in [0.05, 0.1) is 44.3 Å². The Hall–Kier alpha value is -13.4. The van der Waals surface area contributed by atoms with Crippen LogP contribution in [-0.4, -0.2) is 115 Å². The van der Waals surface area contributed by atoms with Gasteiger partial charge in [0.2, 0.25) is 44.8 Å². The van der Waals surface area contributed by atoms with Crippen molar-refractivity contribution in [3.8, 4) is 0 Å². The molecule has 0 unspecified atom stereocenters. The summed E-state index contributed by atoms with van der Waals surface area (Å²) in [5.74, 6) is 1.49. The van der Waals surface area contributed by atoms with Crippen LogP contribution in [0.3, 0.4) is 0 Å². The molecule has 26 nitrogen and oxygen atoms in total. The molecule has 127 heavy (non-hydrogen) atoms. The SMILES string of the molecule is Cc1cccc2cc3c(cc12)C1=NC3=Nc2c3cc4c(S(=O)(=O)[O-])cccc4cc3c3[n]2[Ga][n]2c(c4cc5cccc(S(=O)(=O)[O-])c5cc4c2=NC2=NC(=N3)c3cc4c(S(=O)(=O)[O-])cccc4cc32)=N1.O.c1ccc2c(c1)CC(c1csc[nH+]1)=N2.c1ccc2c(c1)CC(c1csc[nH+]1)=N2.c1ccc2c(c1)CC(c1csc[nH+]1)=N2.c1ccc2c(c1)CC(c1csc[nH+]1)=N2. The number of H-pyrrole nitrogens is 4. The fraction of sp³-hybridized carbons (Fsp3) is 0.0538. The molecule has 8 aliphatic heterocycles. The predicted octanol–water partition coefficient (Wildman–Crippen LogP) is 14.2. The predicted molar refractivity (Wildman–Crippen MR) is 492 cm³/mol. The number of nitrogens with one attached hydrogen (secondary N) is 4. The van der Waals surface area contributed by atoms with Crippen molar-refractivity contribution in [2.75, 3.05) is 0 Å². The maximum Gasteiger partial charge on any atom is 0.236 e. The second kappa shape index (κ2) is 31.9. The number of aromatic amines is 4. The summed E-state index contributed by atoms with van der Waals surface area (Å²) in [6.07, 6.45) is 3.79. The van der Waals surface area contributed by atoms with Gasteiger partial charge >= 0.3 is 405 Å². The van der Waals surface area contributed by atoms with E-state index in [1.54, 1.807) is 93.9 Å². The smallest absolute Gasteiger partial charge is 0.236 e. The van der Waals surface area contributed by atoms with Crippen LogP contribution < -0.4 is 30.9 Å². The van der Waals surface area contributed by atoms with E-state index < -0.39 is 62.9 Å². The van der Waals surface area contributed by atoms with Crippen molar-refractivity contribution in [1.29, 1.82) is 0 Å².